The molecule has 0 saturated heterocycles. The van der Waals surface area contributed by atoms with Gasteiger partial charge in [0.2, 0.25) is 11.0 Å². The van der Waals surface area contributed by atoms with E-state index in [2.05, 4.69) is 20.1 Å². The summed E-state index contributed by atoms with van der Waals surface area (Å²) in [6, 6.07) is -2.23. The van der Waals surface area contributed by atoms with Crippen molar-refractivity contribution in [2.45, 2.75) is 12.5 Å². The van der Waals surface area contributed by atoms with Crippen LogP contribution in [0.3, 0.4) is 0 Å². The van der Waals surface area contributed by atoms with E-state index >= 15 is 0 Å². The standard InChI is InChI=1S/C6H8N6O4S/c7-3(13)1-2(4(14)15)8-5(16)9-6-10-11-12-17-6/h2H,1H2,(H2,7,13)(H,14,15)(H2,8,9,10,12,16)/t2-/m1/s1. The number of nitrogens with two attached hydrogens (primary N) is 1. The average molecular weight is 260 g/mol. The molecule has 0 aliphatic rings. The molecule has 5 N–H and O–H groups in total. The molecule has 3 amide bonds. The quantitative estimate of drug-likeness (QED) is 0.494. The molecule has 92 valence electrons. The summed E-state index contributed by atoms with van der Waals surface area (Å²) < 4.78 is 3.39. The number of nitrogens with zero attached hydrogens (tertiary/aromatic N) is 3. The average Bonchev–Trinajstić information content (AvgIpc) is 2.68. The third kappa shape index (κ3) is 4.38. The summed E-state index contributed by atoms with van der Waals surface area (Å²) in [5.74, 6) is -2.20. The summed E-state index contributed by atoms with van der Waals surface area (Å²) in [6.07, 6.45) is -0.503. The Hall–Kier alpha value is -2.30. The number of carbonyl (C=O) groups excluding carboxylic acids is 2. The number of hydrogen-bond acceptors (Lipinski definition) is 7. The van der Waals surface area contributed by atoms with E-state index in [4.69, 9.17) is 10.8 Å². The minimum Gasteiger partial charge on any atom is -0.480 e. The Bertz CT molecular complexity index is 420. The van der Waals surface area contributed by atoms with Crippen LogP contribution < -0.4 is 16.4 Å². The van der Waals surface area contributed by atoms with Crippen LogP contribution in [0.1, 0.15) is 6.42 Å². The minimum atomic E-state index is -1.40. The Kier molecular flexibility index (Phi) is 4.28. The van der Waals surface area contributed by atoms with E-state index in [-0.39, 0.29) is 5.13 Å². The van der Waals surface area contributed by atoms with Gasteiger partial charge in [-0.1, -0.05) is 9.59 Å². The van der Waals surface area contributed by atoms with Gasteiger partial charge in [0, 0.05) is 11.5 Å². The first-order valence-electron chi connectivity index (χ1n) is 4.22. The number of amides is 3. The molecule has 0 saturated carbocycles. The van der Waals surface area contributed by atoms with Crippen LogP contribution in [0.25, 0.3) is 0 Å². The fourth-order valence-electron chi connectivity index (χ4n) is 0.875. The number of carbonyl (C=O) groups is 3. The molecule has 0 bridgehead atoms. The number of urea groups is 1. The van der Waals surface area contributed by atoms with E-state index in [1.807, 2.05) is 5.32 Å². The molecule has 1 aromatic rings. The molecule has 1 heterocycles. The number of anilines is 1. The molecule has 11 heteroatoms. The van der Waals surface area contributed by atoms with E-state index in [9.17, 15) is 14.4 Å². The molecule has 10 nitrogen and oxygen atoms in total. The third-order valence-electron chi connectivity index (χ3n) is 1.53. The predicted molar refractivity (Wildman–Crippen MR) is 55.1 cm³/mol. The van der Waals surface area contributed by atoms with E-state index in [1.54, 1.807) is 0 Å². The molecule has 0 aliphatic heterocycles. The second-order valence-electron chi connectivity index (χ2n) is 2.83. The molecule has 17 heavy (non-hydrogen) atoms. The Morgan fingerprint density at radius 2 is 2.18 bits per heavy atom. The Labute approximate surface area is 98.4 Å². The maximum atomic E-state index is 11.3. The molecule has 0 radical (unpaired) electrons. The van der Waals surface area contributed by atoms with Crippen molar-refractivity contribution in [2.75, 3.05) is 5.32 Å². The number of aromatic nitrogens is 3. The predicted octanol–water partition coefficient (Wildman–Crippen LogP) is -1.62. The Morgan fingerprint density at radius 1 is 1.47 bits per heavy atom. The lowest BCUT2D eigenvalue weighted by molar-refractivity contribution is -0.140. The molecule has 1 atom stereocenters. The van der Waals surface area contributed by atoms with Crippen molar-refractivity contribution in [3.05, 3.63) is 0 Å². The molecule has 0 spiro atoms. The summed E-state index contributed by atoms with van der Waals surface area (Å²) >= 11 is 0.817. The Balaban J connectivity index is 2.52. The van der Waals surface area contributed by atoms with Crippen molar-refractivity contribution < 1.29 is 19.5 Å². The number of primary amides is 1. The second kappa shape index (κ2) is 5.69. The lowest BCUT2D eigenvalue weighted by Gasteiger charge is -2.12. The van der Waals surface area contributed by atoms with Crippen molar-refractivity contribution in [1.29, 1.82) is 0 Å². The van der Waals surface area contributed by atoms with Crippen LogP contribution in [-0.4, -0.2) is 43.9 Å². The normalized spacial score (nSPS) is 11.5. The first kappa shape index (κ1) is 12.8. The van der Waals surface area contributed by atoms with Crippen LogP contribution in [0, 0.1) is 0 Å². The molecule has 0 unspecified atom stereocenters. The lowest BCUT2D eigenvalue weighted by atomic mass is 10.2. The molecule has 0 aliphatic carbocycles. The van der Waals surface area contributed by atoms with Crippen LogP contribution in [0.4, 0.5) is 9.93 Å². The maximum Gasteiger partial charge on any atom is 0.326 e. The minimum absolute atomic E-state index is 0.103. The number of carboxylic acids is 1. The lowest BCUT2D eigenvalue weighted by Crippen LogP contribution is -2.45. The first-order chi connectivity index (χ1) is 7.99. The summed E-state index contributed by atoms with van der Waals surface area (Å²) in [5, 5.41) is 19.7. The van der Waals surface area contributed by atoms with Gasteiger partial charge >= 0.3 is 12.0 Å². The number of carboxylic acid groups (broad SMARTS) is 1. The van der Waals surface area contributed by atoms with E-state index in [1.165, 1.54) is 0 Å². The maximum absolute atomic E-state index is 11.3. The second-order valence-corrected chi connectivity index (χ2v) is 3.56. The van der Waals surface area contributed by atoms with Crippen molar-refractivity contribution in [2.24, 2.45) is 5.73 Å². The van der Waals surface area contributed by atoms with Gasteiger partial charge < -0.3 is 16.2 Å². The highest BCUT2D eigenvalue weighted by Gasteiger charge is 2.22. The SMILES string of the molecule is NC(=O)C[C@@H](NC(=O)Nc1nnns1)C(=O)O. The summed E-state index contributed by atoms with van der Waals surface area (Å²) in [5.41, 5.74) is 4.84. The van der Waals surface area contributed by atoms with Gasteiger partial charge in [-0.3, -0.25) is 10.1 Å². The van der Waals surface area contributed by atoms with Crippen LogP contribution in [0.15, 0.2) is 0 Å². The van der Waals surface area contributed by atoms with Gasteiger partial charge in [-0.05, 0) is 5.21 Å². The highest BCUT2D eigenvalue weighted by Crippen LogP contribution is 2.04. The van der Waals surface area contributed by atoms with Gasteiger partial charge in [-0.2, -0.15) is 0 Å². The zero-order valence-electron chi connectivity index (χ0n) is 8.28. The molecule has 0 aromatic carbocycles. The molecular weight excluding hydrogens is 252 g/mol. The van der Waals surface area contributed by atoms with Gasteiger partial charge in [0.1, 0.15) is 6.04 Å². The monoisotopic (exact) mass is 260 g/mol. The number of aliphatic carboxylic acids is 1. The van der Waals surface area contributed by atoms with Crippen molar-refractivity contribution in [3.8, 4) is 0 Å². The number of rotatable bonds is 5. The van der Waals surface area contributed by atoms with Gasteiger partial charge in [0.25, 0.3) is 0 Å². The van der Waals surface area contributed by atoms with Gasteiger partial charge in [0.05, 0.1) is 6.42 Å². The molecule has 1 aromatic heterocycles. The summed E-state index contributed by atoms with van der Waals surface area (Å²) in [4.78, 5) is 32.5. The van der Waals surface area contributed by atoms with E-state index in [0.717, 1.165) is 11.5 Å². The number of nitrogens with one attached hydrogen (secondary N) is 2. The summed E-state index contributed by atoms with van der Waals surface area (Å²) in [6.45, 7) is 0. The fourth-order valence-corrected chi connectivity index (χ4v) is 1.24. The van der Waals surface area contributed by atoms with Crippen LogP contribution in [-0.2, 0) is 9.59 Å². The molecule has 1 rings (SSSR count). The van der Waals surface area contributed by atoms with E-state index in [0.29, 0.717) is 0 Å². The van der Waals surface area contributed by atoms with E-state index < -0.39 is 30.4 Å². The largest absolute Gasteiger partial charge is 0.480 e. The first-order valence-corrected chi connectivity index (χ1v) is 5.00. The molecule has 0 fully saturated rings. The van der Waals surface area contributed by atoms with Crippen LogP contribution in [0.2, 0.25) is 0 Å². The van der Waals surface area contributed by atoms with Crippen molar-refractivity contribution >= 4 is 34.6 Å². The fraction of sp³-hybridized carbons (Fsp3) is 0.333. The highest BCUT2D eigenvalue weighted by atomic mass is 32.1. The van der Waals surface area contributed by atoms with Crippen LogP contribution in [0.5, 0.6) is 0 Å². The smallest absolute Gasteiger partial charge is 0.326 e. The third-order valence-corrected chi connectivity index (χ3v) is 2.04. The number of hydrogen-bond donors (Lipinski definition) is 4. The van der Waals surface area contributed by atoms with Crippen LogP contribution >= 0.6 is 11.5 Å². The van der Waals surface area contributed by atoms with Gasteiger partial charge in [-0.15, -0.1) is 0 Å². The zero-order valence-corrected chi connectivity index (χ0v) is 9.10. The topological polar surface area (TPSA) is 160 Å². The highest BCUT2D eigenvalue weighted by molar-refractivity contribution is 7.09. The van der Waals surface area contributed by atoms with Crippen molar-refractivity contribution in [3.63, 3.8) is 0 Å². The Morgan fingerprint density at radius 3 is 2.65 bits per heavy atom. The van der Waals surface area contributed by atoms with Gasteiger partial charge in [0.15, 0.2) is 0 Å². The van der Waals surface area contributed by atoms with Gasteiger partial charge in [-0.25, -0.2) is 9.59 Å². The van der Waals surface area contributed by atoms with Crippen molar-refractivity contribution in [1.82, 2.24) is 20.1 Å². The molecular formula is C6H8N6O4S. The zero-order chi connectivity index (χ0) is 12.8. The summed E-state index contributed by atoms with van der Waals surface area (Å²) in [7, 11) is 0.